The summed E-state index contributed by atoms with van der Waals surface area (Å²) in [6, 6.07) is 7.08. The molecule has 0 saturated heterocycles. The summed E-state index contributed by atoms with van der Waals surface area (Å²) in [7, 11) is 0. The molecule has 0 fully saturated rings. The van der Waals surface area contributed by atoms with Gasteiger partial charge in [-0.2, -0.15) is 0 Å². The van der Waals surface area contributed by atoms with Gasteiger partial charge in [0.25, 0.3) is 0 Å². The molecule has 0 aliphatic rings. The molecule has 0 atom stereocenters. The number of thiazole rings is 1. The second-order valence-corrected chi connectivity index (χ2v) is 7.43. The van der Waals surface area contributed by atoms with Crippen LogP contribution in [0.4, 0.5) is 5.13 Å². The minimum Gasteiger partial charge on any atom is -0.302 e. The second kappa shape index (κ2) is 7.65. The van der Waals surface area contributed by atoms with Crippen molar-refractivity contribution in [2.45, 2.75) is 12.8 Å². The number of nitrogens with one attached hydrogen (secondary N) is 1. The molecule has 5 nitrogen and oxygen atoms in total. The van der Waals surface area contributed by atoms with Gasteiger partial charge in [-0.25, -0.2) is 4.98 Å². The van der Waals surface area contributed by atoms with Gasteiger partial charge in [0.2, 0.25) is 5.91 Å². The van der Waals surface area contributed by atoms with Crippen LogP contribution in [-0.2, 0) is 4.79 Å². The molecule has 0 spiro atoms. The van der Waals surface area contributed by atoms with Crippen LogP contribution in [0.5, 0.6) is 0 Å². The smallest absolute Gasteiger partial charge is 0.226 e. The molecule has 3 rings (SSSR count). The summed E-state index contributed by atoms with van der Waals surface area (Å²) < 4.78 is 0.563. The van der Waals surface area contributed by atoms with Crippen LogP contribution in [0.25, 0.3) is 11.3 Å². The van der Waals surface area contributed by atoms with Crippen molar-refractivity contribution in [2.75, 3.05) is 5.32 Å². The first-order valence-electron chi connectivity index (χ1n) is 7.06. The fraction of sp³-hybridized carbons (Fsp3) is 0.125. The molecular formula is C16H12ClN3O2S2. The molecule has 24 heavy (non-hydrogen) atoms. The fourth-order valence-corrected chi connectivity index (χ4v) is 3.72. The van der Waals surface area contributed by atoms with Crippen LogP contribution in [0.1, 0.15) is 22.5 Å². The Labute approximate surface area is 151 Å². The second-order valence-electron chi connectivity index (χ2n) is 4.85. The molecule has 3 aromatic heterocycles. The number of pyridine rings is 1. The van der Waals surface area contributed by atoms with Crippen LogP contribution in [0.15, 0.2) is 42.0 Å². The number of hydrogen-bond donors (Lipinski definition) is 1. The van der Waals surface area contributed by atoms with Gasteiger partial charge in [-0.05, 0) is 24.3 Å². The van der Waals surface area contributed by atoms with E-state index in [-0.39, 0.29) is 24.5 Å². The van der Waals surface area contributed by atoms with Gasteiger partial charge in [0, 0.05) is 36.2 Å². The number of hydrogen-bond acceptors (Lipinski definition) is 6. The number of thiophene rings is 1. The Balaban J connectivity index is 1.54. The first-order valence-corrected chi connectivity index (χ1v) is 9.13. The summed E-state index contributed by atoms with van der Waals surface area (Å²) in [5.41, 5.74) is 1.65. The van der Waals surface area contributed by atoms with Gasteiger partial charge >= 0.3 is 0 Å². The van der Waals surface area contributed by atoms with Crippen LogP contribution in [0.3, 0.4) is 0 Å². The number of amides is 1. The van der Waals surface area contributed by atoms with Gasteiger partial charge in [0.1, 0.15) is 0 Å². The maximum atomic E-state index is 12.0. The van der Waals surface area contributed by atoms with Crippen molar-refractivity contribution >= 4 is 51.1 Å². The lowest BCUT2D eigenvalue weighted by atomic mass is 10.2. The Morgan fingerprint density at radius 2 is 2.08 bits per heavy atom. The third-order valence-corrected chi connectivity index (χ3v) is 5.16. The van der Waals surface area contributed by atoms with E-state index < -0.39 is 0 Å². The maximum absolute atomic E-state index is 12.0. The van der Waals surface area contributed by atoms with E-state index in [0.717, 1.165) is 11.3 Å². The lowest BCUT2D eigenvalue weighted by molar-refractivity contribution is -0.116. The van der Waals surface area contributed by atoms with E-state index in [0.29, 0.717) is 14.3 Å². The van der Waals surface area contributed by atoms with Crippen LogP contribution >= 0.6 is 34.3 Å². The van der Waals surface area contributed by atoms with Crippen molar-refractivity contribution < 1.29 is 9.59 Å². The standard InChI is InChI=1S/C16H12ClN3O2S2/c17-14-5-4-13(24-14)12(21)3-6-15(22)20-16-19-11(9-23-16)10-2-1-7-18-8-10/h1-2,4-5,7-9H,3,6H2,(H,19,20,22). The third-order valence-electron chi connectivity index (χ3n) is 3.13. The zero-order valence-electron chi connectivity index (χ0n) is 12.4. The van der Waals surface area contributed by atoms with Gasteiger partial charge in [0.05, 0.1) is 14.9 Å². The van der Waals surface area contributed by atoms with E-state index in [9.17, 15) is 9.59 Å². The number of carbonyl (C=O) groups excluding carboxylic acids is 2. The van der Waals surface area contributed by atoms with Crippen molar-refractivity contribution in [1.82, 2.24) is 9.97 Å². The number of Topliss-reactive ketones (excluding diaryl/α,β-unsaturated/α-hetero) is 1. The average molecular weight is 378 g/mol. The monoisotopic (exact) mass is 377 g/mol. The van der Waals surface area contributed by atoms with Crippen molar-refractivity contribution in [2.24, 2.45) is 0 Å². The molecule has 0 bridgehead atoms. The normalized spacial score (nSPS) is 10.5. The molecule has 3 aromatic rings. The van der Waals surface area contributed by atoms with Gasteiger partial charge in [-0.3, -0.25) is 14.6 Å². The van der Waals surface area contributed by atoms with Gasteiger partial charge in [-0.15, -0.1) is 22.7 Å². The number of aromatic nitrogens is 2. The first kappa shape index (κ1) is 16.8. The first-order chi connectivity index (χ1) is 11.6. The molecule has 8 heteroatoms. The SMILES string of the molecule is O=C(CCC(=O)c1ccc(Cl)s1)Nc1nc(-c2cccnc2)cs1. The highest BCUT2D eigenvalue weighted by Crippen LogP contribution is 2.25. The summed E-state index contributed by atoms with van der Waals surface area (Å²) >= 11 is 8.36. The Bertz CT molecular complexity index is 861. The largest absolute Gasteiger partial charge is 0.302 e. The minimum atomic E-state index is -0.238. The highest BCUT2D eigenvalue weighted by molar-refractivity contribution is 7.18. The number of ketones is 1. The van der Waals surface area contributed by atoms with E-state index in [2.05, 4.69) is 15.3 Å². The Morgan fingerprint density at radius 3 is 2.79 bits per heavy atom. The predicted octanol–water partition coefficient (Wildman–Crippen LogP) is 4.52. The van der Waals surface area contributed by atoms with E-state index >= 15 is 0 Å². The van der Waals surface area contributed by atoms with Gasteiger partial charge in [-0.1, -0.05) is 11.6 Å². The molecule has 122 valence electrons. The summed E-state index contributed by atoms with van der Waals surface area (Å²) in [5.74, 6) is -0.324. The van der Waals surface area contributed by atoms with Crippen LogP contribution < -0.4 is 5.32 Å². The van der Waals surface area contributed by atoms with Gasteiger partial charge in [0.15, 0.2) is 10.9 Å². The van der Waals surface area contributed by atoms with Crippen molar-refractivity contribution in [3.8, 4) is 11.3 Å². The zero-order valence-corrected chi connectivity index (χ0v) is 14.7. The van der Waals surface area contributed by atoms with Crippen molar-refractivity contribution in [3.05, 3.63) is 51.3 Å². The number of halogens is 1. The third kappa shape index (κ3) is 4.25. The zero-order chi connectivity index (χ0) is 16.9. The summed E-state index contributed by atoms with van der Waals surface area (Å²) in [5, 5.41) is 5.07. The molecule has 3 heterocycles. The van der Waals surface area contributed by atoms with Gasteiger partial charge < -0.3 is 5.32 Å². The Hall–Kier alpha value is -2.09. The Kier molecular flexibility index (Phi) is 5.34. The highest BCUT2D eigenvalue weighted by Gasteiger charge is 2.13. The van der Waals surface area contributed by atoms with Crippen molar-refractivity contribution in [1.29, 1.82) is 0 Å². The number of nitrogens with zero attached hydrogens (tertiary/aromatic N) is 2. The Morgan fingerprint density at radius 1 is 1.21 bits per heavy atom. The molecule has 1 amide bonds. The van der Waals surface area contributed by atoms with Crippen LogP contribution in [0.2, 0.25) is 4.34 Å². The number of anilines is 1. The number of rotatable bonds is 6. The summed E-state index contributed by atoms with van der Waals surface area (Å²) in [6.45, 7) is 0. The maximum Gasteiger partial charge on any atom is 0.226 e. The van der Waals surface area contributed by atoms with E-state index in [1.165, 1.54) is 22.7 Å². The predicted molar refractivity (Wildman–Crippen MR) is 96.9 cm³/mol. The minimum absolute atomic E-state index is 0.0859. The molecule has 0 unspecified atom stereocenters. The highest BCUT2D eigenvalue weighted by atomic mass is 35.5. The molecule has 0 radical (unpaired) electrons. The topological polar surface area (TPSA) is 72.0 Å². The lowest BCUT2D eigenvalue weighted by Gasteiger charge is -2.00. The van der Waals surface area contributed by atoms with Crippen molar-refractivity contribution in [3.63, 3.8) is 0 Å². The number of carbonyl (C=O) groups is 2. The molecule has 0 saturated carbocycles. The lowest BCUT2D eigenvalue weighted by Crippen LogP contribution is -2.13. The van der Waals surface area contributed by atoms with Crippen LogP contribution in [0, 0.1) is 0 Å². The fourth-order valence-electron chi connectivity index (χ4n) is 1.97. The molecular weight excluding hydrogens is 366 g/mol. The van der Waals surface area contributed by atoms with E-state index in [4.69, 9.17) is 11.6 Å². The average Bonchev–Trinajstić information content (AvgIpc) is 3.23. The summed E-state index contributed by atoms with van der Waals surface area (Å²) in [4.78, 5) is 32.9. The quantitative estimate of drug-likeness (QED) is 0.641. The molecule has 0 aliphatic heterocycles. The van der Waals surface area contributed by atoms with E-state index in [1.54, 1.807) is 24.5 Å². The van der Waals surface area contributed by atoms with E-state index in [1.807, 2.05) is 17.5 Å². The molecule has 1 N–H and O–H groups in total. The molecule has 0 aliphatic carbocycles. The molecule has 0 aromatic carbocycles. The summed E-state index contributed by atoms with van der Waals surface area (Å²) in [6.07, 6.45) is 3.65. The van der Waals surface area contributed by atoms with Crippen LogP contribution in [-0.4, -0.2) is 21.7 Å².